The number of nitrogens with zero attached hydrogens (tertiary/aromatic N) is 2. The number of benzene rings is 2. The zero-order chi connectivity index (χ0) is 16.7. The molecule has 0 aliphatic carbocycles. The molecule has 122 valence electrons. The lowest BCUT2D eigenvalue weighted by Crippen LogP contribution is -2.35. The van der Waals surface area contributed by atoms with E-state index in [1.54, 1.807) is 0 Å². The quantitative estimate of drug-likeness (QED) is 0.570. The number of nitrogens with two attached hydrogens (primary N) is 1. The minimum Gasteiger partial charge on any atom is -0.457 e. The van der Waals surface area contributed by atoms with E-state index in [1.165, 1.54) is 0 Å². The number of hydroxylamine groups is 2. The summed E-state index contributed by atoms with van der Waals surface area (Å²) in [6, 6.07) is 16.2. The molecule has 2 heterocycles. The number of aryl methyl sites for hydroxylation is 1. The molecule has 2 amide bonds. The maximum atomic E-state index is 11.2. The lowest BCUT2D eigenvalue weighted by Gasteiger charge is -2.18. The number of carbonyl (C=O) groups excluding carboxylic acids is 1. The molecule has 6 heteroatoms. The standard InChI is InChI=1S/C18H17N3O3/c19-18(22)21(23)16-8-9-20-15-7-6-14(10-12(15)11-17(16)20)24-13-4-2-1-3-5-13/h1-7,10-11,16,23H,8-9H2,(H2,19,22). The molecule has 4 rings (SSSR count). The number of ether oxygens (including phenoxy) is 1. The van der Waals surface area contributed by atoms with Gasteiger partial charge in [-0.25, -0.2) is 4.79 Å². The van der Waals surface area contributed by atoms with E-state index in [2.05, 4.69) is 4.57 Å². The maximum Gasteiger partial charge on any atom is 0.339 e. The molecule has 1 aromatic heterocycles. The van der Waals surface area contributed by atoms with Crippen LogP contribution in [0.25, 0.3) is 10.9 Å². The minimum atomic E-state index is -0.841. The van der Waals surface area contributed by atoms with Crippen molar-refractivity contribution in [3.63, 3.8) is 0 Å². The third-order valence-corrected chi connectivity index (χ3v) is 4.37. The van der Waals surface area contributed by atoms with Crippen LogP contribution in [0, 0.1) is 0 Å². The van der Waals surface area contributed by atoms with Gasteiger partial charge in [-0.05, 0) is 42.8 Å². The van der Waals surface area contributed by atoms with Crippen molar-refractivity contribution in [3.8, 4) is 11.5 Å². The zero-order valence-electron chi connectivity index (χ0n) is 12.9. The van der Waals surface area contributed by atoms with Gasteiger partial charge < -0.3 is 15.0 Å². The van der Waals surface area contributed by atoms with Crippen LogP contribution in [-0.4, -0.2) is 20.9 Å². The van der Waals surface area contributed by atoms with Gasteiger partial charge in [0.2, 0.25) is 0 Å². The number of carbonyl (C=O) groups is 1. The Morgan fingerprint density at radius 2 is 1.96 bits per heavy atom. The second kappa shape index (κ2) is 5.58. The first-order valence-electron chi connectivity index (χ1n) is 7.77. The molecule has 3 N–H and O–H groups in total. The van der Waals surface area contributed by atoms with Crippen LogP contribution in [0.5, 0.6) is 11.5 Å². The summed E-state index contributed by atoms with van der Waals surface area (Å²) in [5.41, 5.74) is 7.11. The van der Waals surface area contributed by atoms with E-state index in [0.29, 0.717) is 11.5 Å². The highest BCUT2D eigenvalue weighted by Gasteiger charge is 2.31. The van der Waals surface area contributed by atoms with E-state index in [-0.39, 0.29) is 0 Å². The van der Waals surface area contributed by atoms with Gasteiger partial charge in [0.15, 0.2) is 0 Å². The Hall–Kier alpha value is -2.99. The van der Waals surface area contributed by atoms with Gasteiger partial charge in [-0.3, -0.25) is 5.21 Å². The second-order valence-corrected chi connectivity index (χ2v) is 5.84. The first kappa shape index (κ1) is 14.6. The van der Waals surface area contributed by atoms with Gasteiger partial charge in [0.05, 0.1) is 0 Å². The van der Waals surface area contributed by atoms with Gasteiger partial charge >= 0.3 is 6.03 Å². The lowest BCUT2D eigenvalue weighted by atomic mass is 10.1. The number of urea groups is 1. The van der Waals surface area contributed by atoms with Crippen molar-refractivity contribution in [1.29, 1.82) is 0 Å². The summed E-state index contributed by atoms with van der Waals surface area (Å²) >= 11 is 0. The van der Waals surface area contributed by atoms with Gasteiger partial charge in [-0.2, -0.15) is 5.06 Å². The average molecular weight is 323 g/mol. The monoisotopic (exact) mass is 323 g/mol. The molecule has 0 fully saturated rings. The Kier molecular flexibility index (Phi) is 3.39. The Balaban J connectivity index is 1.68. The van der Waals surface area contributed by atoms with Crippen molar-refractivity contribution in [1.82, 2.24) is 9.63 Å². The Morgan fingerprint density at radius 1 is 1.17 bits per heavy atom. The lowest BCUT2D eigenvalue weighted by molar-refractivity contribution is -0.0758. The maximum absolute atomic E-state index is 11.2. The van der Waals surface area contributed by atoms with Gasteiger partial charge in [-0.1, -0.05) is 18.2 Å². The number of rotatable bonds is 3. The van der Waals surface area contributed by atoms with Crippen molar-refractivity contribution in [2.45, 2.75) is 19.0 Å². The van der Waals surface area contributed by atoms with E-state index < -0.39 is 12.1 Å². The number of primary amides is 1. The van der Waals surface area contributed by atoms with E-state index in [4.69, 9.17) is 10.5 Å². The number of amides is 2. The van der Waals surface area contributed by atoms with Crippen molar-refractivity contribution in [3.05, 3.63) is 60.3 Å². The molecule has 6 nitrogen and oxygen atoms in total. The van der Waals surface area contributed by atoms with Crippen molar-refractivity contribution >= 4 is 16.9 Å². The number of hydrogen-bond acceptors (Lipinski definition) is 3. The zero-order valence-corrected chi connectivity index (χ0v) is 12.9. The first-order valence-corrected chi connectivity index (χ1v) is 7.77. The minimum absolute atomic E-state index is 0.409. The summed E-state index contributed by atoms with van der Waals surface area (Å²) in [6.07, 6.45) is 0.646. The van der Waals surface area contributed by atoms with Crippen LogP contribution in [-0.2, 0) is 6.54 Å². The highest BCUT2D eigenvalue weighted by Crippen LogP contribution is 2.37. The molecular formula is C18H17N3O3. The smallest absolute Gasteiger partial charge is 0.339 e. The molecule has 24 heavy (non-hydrogen) atoms. The van der Waals surface area contributed by atoms with E-state index in [1.807, 2.05) is 54.6 Å². The molecule has 0 bridgehead atoms. The fraction of sp³-hybridized carbons (Fsp3) is 0.167. The molecule has 0 radical (unpaired) electrons. The SMILES string of the molecule is NC(=O)N(O)C1CCn2c1cc1cc(Oc3ccccc3)ccc12. The molecule has 1 unspecified atom stereocenters. The summed E-state index contributed by atoms with van der Waals surface area (Å²) in [5.74, 6) is 1.52. The van der Waals surface area contributed by atoms with Crippen LogP contribution in [0.1, 0.15) is 18.2 Å². The normalized spacial score (nSPS) is 16.1. The molecule has 1 atom stereocenters. The van der Waals surface area contributed by atoms with Crippen LogP contribution in [0.3, 0.4) is 0 Å². The predicted molar refractivity (Wildman–Crippen MR) is 89.0 cm³/mol. The molecule has 2 aromatic carbocycles. The van der Waals surface area contributed by atoms with Gasteiger partial charge in [0, 0.05) is 23.1 Å². The van der Waals surface area contributed by atoms with Crippen molar-refractivity contribution < 1.29 is 14.7 Å². The molecule has 0 spiro atoms. The third-order valence-electron chi connectivity index (χ3n) is 4.37. The van der Waals surface area contributed by atoms with Crippen LogP contribution in [0.2, 0.25) is 0 Å². The fourth-order valence-electron chi connectivity index (χ4n) is 3.28. The van der Waals surface area contributed by atoms with Gasteiger partial charge in [-0.15, -0.1) is 0 Å². The van der Waals surface area contributed by atoms with E-state index in [9.17, 15) is 10.0 Å². The fourth-order valence-corrected chi connectivity index (χ4v) is 3.28. The molecular weight excluding hydrogens is 306 g/mol. The predicted octanol–water partition coefficient (Wildman–Crippen LogP) is 3.65. The van der Waals surface area contributed by atoms with Crippen LogP contribution in [0.15, 0.2) is 54.6 Å². The first-order chi connectivity index (χ1) is 11.6. The van der Waals surface area contributed by atoms with Crippen molar-refractivity contribution in [2.75, 3.05) is 0 Å². The highest BCUT2D eigenvalue weighted by atomic mass is 16.5. The van der Waals surface area contributed by atoms with Crippen LogP contribution < -0.4 is 10.5 Å². The molecule has 3 aromatic rings. The van der Waals surface area contributed by atoms with E-state index in [0.717, 1.165) is 34.6 Å². The number of aromatic nitrogens is 1. The highest BCUT2D eigenvalue weighted by molar-refractivity contribution is 5.84. The van der Waals surface area contributed by atoms with Gasteiger partial charge in [0.1, 0.15) is 17.5 Å². The third kappa shape index (κ3) is 2.37. The average Bonchev–Trinajstić information content (AvgIpc) is 3.13. The Morgan fingerprint density at radius 3 is 2.71 bits per heavy atom. The second-order valence-electron chi connectivity index (χ2n) is 5.84. The molecule has 1 aliphatic rings. The summed E-state index contributed by atoms with van der Waals surface area (Å²) in [5, 5.41) is 11.5. The van der Waals surface area contributed by atoms with E-state index >= 15 is 0 Å². The Bertz CT molecular complexity index is 905. The largest absolute Gasteiger partial charge is 0.457 e. The number of para-hydroxylation sites is 1. The topological polar surface area (TPSA) is 80.7 Å². The molecule has 0 saturated heterocycles. The molecule has 0 saturated carbocycles. The van der Waals surface area contributed by atoms with Crippen molar-refractivity contribution in [2.24, 2.45) is 5.73 Å². The van der Waals surface area contributed by atoms with Gasteiger partial charge in [0.25, 0.3) is 0 Å². The summed E-state index contributed by atoms with van der Waals surface area (Å²) in [7, 11) is 0. The Labute approximate surface area is 138 Å². The molecule has 1 aliphatic heterocycles. The summed E-state index contributed by atoms with van der Waals surface area (Å²) < 4.78 is 7.95. The van der Waals surface area contributed by atoms with Crippen LogP contribution in [0.4, 0.5) is 4.79 Å². The summed E-state index contributed by atoms with van der Waals surface area (Å²) in [6.45, 7) is 0.729. The number of hydrogen-bond donors (Lipinski definition) is 2. The van der Waals surface area contributed by atoms with Crippen LogP contribution >= 0.6 is 0 Å². The summed E-state index contributed by atoms with van der Waals surface area (Å²) in [4.78, 5) is 11.2. The number of fused-ring (bicyclic) bond motifs is 3.